The molecule has 0 aliphatic carbocycles. The zero-order valence-corrected chi connectivity index (χ0v) is 21.1. The molecule has 36 heavy (non-hydrogen) atoms. The molecule has 0 spiro atoms. The summed E-state index contributed by atoms with van der Waals surface area (Å²) in [6, 6.07) is 8.73. The zero-order chi connectivity index (χ0) is 25.9. The van der Waals surface area contributed by atoms with Crippen molar-refractivity contribution in [3.63, 3.8) is 0 Å². The highest BCUT2D eigenvalue weighted by Gasteiger charge is 2.16. The van der Waals surface area contributed by atoms with Gasteiger partial charge in [0.2, 0.25) is 10.0 Å². The summed E-state index contributed by atoms with van der Waals surface area (Å²) in [5.41, 5.74) is 2.93. The Kier molecular flexibility index (Phi) is 7.62. The second-order valence-corrected chi connectivity index (χ2v) is 11.0. The molecule has 1 aromatic carbocycles. The number of sulfonamides is 1. The van der Waals surface area contributed by atoms with E-state index in [1.165, 1.54) is 41.7 Å². The lowest BCUT2D eigenvalue weighted by Crippen LogP contribution is -2.12. The van der Waals surface area contributed by atoms with Crippen LogP contribution < -0.4 is 10.0 Å². The number of hydrogen-bond acceptors (Lipinski definition) is 6. The Morgan fingerprint density at radius 2 is 1.75 bits per heavy atom. The molecular weight excluding hydrogens is 530 g/mol. The Bertz CT molecular complexity index is 1540. The van der Waals surface area contributed by atoms with Gasteiger partial charge in [-0.3, -0.25) is 19.5 Å². The summed E-state index contributed by atoms with van der Waals surface area (Å²) < 4.78 is 52.7. The van der Waals surface area contributed by atoms with Crippen molar-refractivity contribution in [1.82, 2.24) is 9.97 Å². The first-order valence-electron chi connectivity index (χ1n) is 10.5. The van der Waals surface area contributed by atoms with Crippen molar-refractivity contribution in [2.75, 3.05) is 16.3 Å². The molecule has 12 heteroatoms. The first kappa shape index (κ1) is 25.7. The van der Waals surface area contributed by atoms with Crippen molar-refractivity contribution >= 4 is 50.2 Å². The first-order valence-corrected chi connectivity index (χ1v) is 13.6. The molecule has 4 aromatic rings. The number of halogens is 3. The molecular formula is C24H19ClF2N4O3S2. The predicted molar refractivity (Wildman–Crippen MR) is 137 cm³/mol. The van der Waals surface area contributed by atoms with E-state index in [9.17, 15) is 22.0 Å². The number of thiophene rings is 1. The van der Waals surface area contributed by atoms with Crippen LogP contribution in [0.4, 0.5) is 20.2 Å². The number of anilines is 2. The third kappa shape index (κ3) is 6.84. The molecule has 0 atom stereocenters. The predicted octanol–water partition coefficient (Wildman–Crippen LogP) is 5.55. The van der Waals surface area contributed by atoms with Gasteiger partial charge in [-0.15, -0.1) is 11.3 Å². The van der Waals surface area contributed by atoms with E-state index in [0.29, 0.717) is 45.8 Å². The molecule has 0 fully saturated rings. The maximum Gasteiger partial charge on any atom is 0.265 e. The summed E-state index contributed by atoms with van der Waals surface area (Å²) >= 11 is 7.23. The van der Waals surface area contributed by atoms with Gasteiger partial charge in [-0.05, 0) is 60.4 Å². The number of nitrogens with zero attached hydrogens (tertiary/aromatic N) is 2. The van der Waals surface area contributed by atoms with Gasteiger partial charge in [0, 0.05) is 27.9 Å². The number of pyridine rings is 2. The van der Waals surface area contributed by atoms with Crippen molar-refractivity contribution in [2.45, 2.75) is 12.8 Å². The molecule has 0 saturated carbocycles. The van der Waals surface area contributed by atoms with Crippen LogP contribution in [0.1, 0.15) is 20.8 Å². The standard InChI is InChI=1S/C24H19ClF2N4O3S2/c1-36(33,34)31-21-8-17(25)7-20(9-21)30-24(32)22-6-16(13-35-22)23-15(5-19(27)12-29-23)3-2-14-4-18(26)11-28-10-14/h4-13,31H,2-3H2,1H3,(H,30,32). The summed E-state index contributed by atoms with van der Waals surface area (Å²) in [7, 11) is -3.53. The van der Waals surface area contributed by atoms with Gasteiger partial charge in [-0.2, -0.15) is 0 Å². The number of carbonyl (C=O) groups excluding carboxylic acids is 1. The lowest BCUT2D eigenvalue weighted by Gasteiger charge is -2.09. The van der Waals surface area contributed by atoms with Crippen LogP contribution in [0.15, 0.2) is 60.4 Å². The van der Waals surface area contributed by atoms with Crippen LogP contribution in [0, 0.1) is 11.6 Å². The van der Waals surface area contributed by atoms with Crippen LogP contribution in [0.5, 0.6) is 0 Å². The van der Waals surface area contributed by atoms with E-state index in [1.54, 1.807) is 17.6 Å². The molecule has 4 rings (SSSR count). The number of aryl methyl sites for hydroxylation is 2. The molecule has 0 aliphatic heterocycles. The topological polar surface area (TPSA) is 101 Å². The van der Waals surface area contributed by atoms with E-state index in [2.05, 4.69) is 20.0 Å². The minimum atomic E-state index is -3.53. The number of rotatable bonds is 8. The number of carbonyl (C=O) groups is 1. The lowest BCUT2D eigenvalue weighted by molar-refractivity contribution is 0.103. The monoisotopic (exact) mass is 548 g/mol. The maximum atomic E-state index is 13.9. The van der Waals surface area contributed by atoms with Gasteiger partial charge in [0.15, 0.2) is 0 Å². The summed E-state index contributed by atoms with van der Waals surface area (Å²) in [6.45, 7) is 0. The number of hydrogen-bond donors (Lipinski definition) is 2. The third-order valence-corrected chi connectivity index (χ3v) is 6.69. The van der Waals surface area contributed by atoms with Gasteiger partial charge in [-0.25, -0.2) is 17.2 Å². The fraction of sp³-hybridized carbons (Fsp3) is 0.125. The lowest BCUT2D eigenvalue weighted by atomic mass is 10.0. The van der Waals surface area contributed by atoms with Crippen molar-refractivity contribution in [2.24, 2.45) is 0 Å². The smallest absolute Gasteiger partial charge is 0.265 e. The number of nitrogens with one attached hydrogen (secondary N) is 2. The molecule has 7 nitrogen and oxygen atoms in total. The Balaban J connectivity index is 1.53. The molecule has 0 unspecified atom stereocenters. The van der Waals surface area contributed by atoms with E-state index < -0.39 is 27.6 Å². The van der Waals surface area contributed by atoms with Crippen LogP contribution >= 0.6 is 22.9 Å². The highest BCUT2D eigenvalue weighted by atomic mass is 35.5. The van der Waals surface area contributed by atoms with Crippen LogP contribution in [-0.2, 0) is 22.9 Å². The second-order valence-electron chi connectivity index (χ2n) is 7.93. The molecule has 186 valence electrons. The molecule has 0 aliphatic rings. The van der Waals surface area contributed by atoms with Crippen molar-refractivity contribution < 1.29 is 22.0 Å². The Labute approximate surface area is 215 Å². The van der Waals surface area contributed by atoms with E-state index in [0.717, 1.165) is 18.6 Å². The average molecular weight is 549 g/mol. The molecule has 3 aromatic heterocycles. The summed E-state index contributed by atoms with van der Waals surface area (Å²) in [6.07, 6.45) is 5.59. The molecule has 3 heterocycles. The van der Waals surface area contributed by atoms with Crippen LogP contribution in [0.2, 0.25) is 5.02 Å². The maximum absolute atomic E-state index is 13.9. The first-order chi connectivity index (χ1) is 17.1. The molecule has 0 saturated heterocycles. The van der Waals surface area contributed by atoms with Crippen molar-refractivity contribution in [1.29, 1.82) is 0 Å². The summed E-state index contributed by atoms with van der Waals surface area (Å²) in [5.74, 6) is -1.38. The molecule has 0 radical (unpaired) electrons. The van der Waals surface area contributed by atoms with Crippen LogP contribution in [0.25, 0.3) is 11.3 Å². The Morgan fingerprint density at radius 3 is 2.50 bits per heavy atom. The van der Waals surface area contributed by atoms with Gasteiger partial charge < -0.3 is 5.32 Å². The highest BCUT2D eigenvalue weighted by molar-refractivity contribution is 7.92. The minimum absolute atomic E-state index is 0.209. The van der Waals surface area contributed by atoms with Gasteiger partial charge in [0.25, 0.3) is 5.91 Å². The van der Waals surface area contributed by atoms with Gasteiger partial charge >= 0.3 is 0 Å². The minimum Gasteiger partial charge on any atom is -0.321 e. The molecule has 0 bridgehead atoms. The summed E-state index contributed by atoms with van der Waals surface area (Å²) in [4.78, 5) is 21.2. The normalized spacial score (nSPS) is 11.3. The van der Waals surface area contributed by atoms with E-state index in [-0.39, 0.29) is 10.7 Å². The largest absolute Gasteiger partial charge is 0.321 e. The van der Waals surface area contributed by atoms with E-state index >= 15 is 0 Å². The number of aromatic nitrogens is 2. The number of benzene rings is 1. The second kappa shape index (κ2) is 10.7. The summed E-state index contributed by atoms with van der Waals surface area (Å²) in [5, 5.41) is 4.66. The fourth-order valence-corrected chi connectivity index (χ4v) is 5.08. The van der Waals surface area contributed by atoms with Gasteiger partial charge in [0.05, 0.1) is 34.9 Å². The van der Waals surface area contributed by atoms with E-state index in [1.807, 2.05) is 0 Å². The molecule has 1 amide bonds. The van der Waals surface area contributed by atoms with Crippen LogP contribution in [0.3, 0.4) is 0 Å². The van der Waals surface area contributed by atoms with Crippen molar-refractivity contribution in [3.8, 4) is 11.3 Å². The fourth-order valence-electron chi connectivity index (χ4n) is 3.51. The molecule has 2 N–H and O–H groups in total. The van der Waals surface area contributed by atoms with Crippen LogP contribution in [-0.4, -0.2) is 30.5 Å². The van der Waals surface area contributed by atoms with Gasteiger partial charge in [0.1, 0.15) is 11.6 Å². The SMILES string of the molecule is CS(=O)(=O)Nc1cc(Cl)cc(NC(=O)c2cc(-c3ncc(F)cc3CCc3cncc(F)c3)cs2)c1. The Hall–Kier alpha value is -3.41. The van der Waals surface area contributed by atoms with Crippen molar-refractivity contribution in [3.05, 3.63) is 93.0 Å². The average Bonchev–Trinajstić information content (AvgIpc) is 3.26. The zero-order valence-electron chi connectivity index (χ0n) is 18.8. The Morgan fingerprint density at radius 1 is 1.00 bits per heavy atom. The highest BCUT2D eigenvalue weighted by Crippen LogP contribution is 2.30. The third-order valence-electron chi connectivity index (χ3n) is 4.93. The van der Waals surface area contributed by atoms with E-state index in [4.69, 9.17) is 11.6 Å². The quantitative estimate of drug-likeness (QED) is 0.301. The number of amides is 1. The van der Waals surface area contributed by atoms with Gasteiger partial charge in [-0.1, -0.05) is 11.6 Å².